The number of carbonyl (C=O) groups is 3. The van der Waals surface area contributed by atoms with Crippen LogP contribution in [0.15, 0.2) is 97.1 Å². The van der Waals surface area contributed by atoms with Crippen LogP contribution in [0.3, 0.4) is 0 Å². The topological polar surface area (TPSA) is 75.3 Å². The smallest absolute Gasteiger partial charge is 0.255 e. The Hall–Kier alpha value is -4.51. The van der Waals surface area contributed by atoms with E-state index in [9.17, 15) is 14.4 Å². The molecule has 5 nitrogen and oxygen atoms in total. The number of nitrogens with one attached hydrogen (secondary N) is 2. The van der Waals surface area contributed by atoms with Gasteiger partial charge in [0.2, 0.25) is 0 Å². The number of benzene rings is 4. The molecular weight excluding hydrogens is 436 g/mol. The number of hydrogen-bond acceptors (Lipinski definition) is 3. The van der Waals surface area contributed by atoms with E-state index >= 15 is 0 Å². The summed E-state index contributed by atoms with van der Waals surface area (Å²) >= 11 is 0. The molecule has 0 aliphatic rings. The molecule has 0 fully saturated rings. The molecule has 0 heterocycles. The molecule has 0 aliphatic heterocycles. The highest BCUT2D eigenvalue weighted by Gasteiger charge is 2.13. The van der Waals surface area contributed by atoms with E-state index in [-0.39, 0.29) is 17.6 Å². The minimum atomic E-state index is -0.304. The highest BCUT2D eigenvalue weighted by atomic mass is 16.2. The van der Waals surface area contributed by atoms with Crippen LogP contribution in [-0.4, -0.2) is 17.6 Å². The van der Waals surface area contributed by atoms with Crippen molar-refractivity contribution in [2.75, 3.05) is 5.32 Å². The van der Waals surface area contributed by atoms with Crippen LogP contribution in [0.25, 0.3) is 11.1 Å². The lowest BCUT2D eigenvalue weighted by atomic mass is 9.98. The number of amides is 2. The highest BCUT2D eigenvalue weighted by molar-refractivity contribution is 6.09. The first kappa shape index (κ1) is 23.6. The fraction of sp³-hybridized carbons (Fsp3) is 0.100. The van der Waals surface area contributed by atoms with Crippen molar-refractivity contribution in [3.8, 4) is 11.1 Å². The van der Waals surface area contributed by atoms with Crippen molar-refractivity contribution in [1.29, 1.82) is 0 Å². The molecule has 0 saturated heterocycles. The standard InChI is InChI=1S/C30H26N2O3/c1-20-11-15-23(16-12-20)26-8-3-4-9-27(26)30(35)31-19-22-13-17-24(18-14-22)29(34)32-28-10-6-5-7-25(28)21(2)33/h3-18H,19H2,1-2H3,(H,31,35)(H,32,34). The molecule has 35 heavy (non-hydrogen) atoms. The molecular formula is C30H26N2O3. The second kappa shape index (κ2) is 10.6. The van der Waals surface area contributed by atoms with Gasteiger partial charge in [-0.2, -0.15) is 0 Å². The number of aryl methyl sites for hydroxylation is 1. The molecule has 0 unspecified atom stereocenters. The first-order valence-electron chi connectivity index (χ1n) is 11.4. The maximum absolute atomic E-state index is 12.9. The maximum Gasteiger partial charge on any atom is 0.255 e. The molecule has 0 aliphatic carbocycles. The van der Waals surface area contributed by atoms with Crippen LogP contribution in [0.2, 0.25) is 0 Å². The van der Waals surface area contributed by atoms with Gasteiger partial charge in [0.15, 0.2) is 5.78 Å². The summed E-state index contributed by atoms with van der Waals surface area (Å²) in [5.74, 6) is -0.582. The van der Waals surface area contributed by atoms with Gasteiger partial charge in [-0.15, -0.1) is 0 Å². The van der Waals surface area contributed by atoms with Crippen molar-refractivity contribution in [2.24, 2.45) is 0 Å². The average molecular weight is 463 g/mol. The Balaban J connectivity index is 1.41. The third-order valence-corrected chi connectivity index (χ3v) is 5.76. The average Bonchev–Trinajstić information content (AvgIpc) is 2.88. The molecule has 174 valence electrons. The van der Waals surface area contributed by atoms with Crippen LogP contribution in [0.1, 0.15) is 49.1 Å². The van der Waals surface area contributed by atoms with Gasteiger partial charge in [-0.25, -0.2) is 0 Å². The fourth-order valence-corrected chi connectivity index (χ4v) is 3.81. The quantitative estimate of drug-likeness (QED) is 0.329. The number of hydrogen-bond donors (Lipinski definition) is 2. The van der Waals surface area contributed by atoms with E-state index < -0.39 is 0 Å². The lowest BCUT2D eigenvalue weighted by Crippen LogP contribution is -2.23. The Morgan fingerprint density at radius 2 is 1.31 bits per heavy atom. The molecule has 4 aromatic carbocycles. The van der Waals surface area contributed by atoms with E-state index in [0.717, 1.165) is 22.3 Å². The van der Waals surface area contributed by atoms with Crippen molar-refractivity contribution in [3.05, 3.63) is 125 Å². The molecule has 0 radical (unpaired) electrons. The van der Waals surface area contributed by atoms with E-state index in [4.69, 9.17) is 0 Å². The lowest BCUT2D eigenvalue weighted by molar-refractivity contribution is 0.0949. The minimum Gasteiger partial charge on any atom is -0.348 e. The second-order valence-corrected chi connectivity index (χ2v) is 8.35. The molecule has 2 amide bonds. The van der Waals surface area contributed by atoms with Gasteiger partial charge in [-0.1, -0.05) is 72.3 Å². The summed E-state index contributed by atoms with van der Waals surface area (Å²) in [6.07, 6.45) is 0. The first-order chi connectivity index (χ1) is 16.9. The van der Waals surface area contributed by atoms with Crippen LogP contribution >= 0.6 is 0 Å². The van der Waals surface area contributed by atoms with Gasteiger partial charge in [0, 0.05) is 23.2 Å². The minimum absolute atomic E-state index is 0.115. The van der Waals surface area contributed by atoms with Gasteiger partial charge in [0.1, 0.15) is 0 Å². The second-order valence-electron chi connectivity index (χ2n) is 8.35. The van der Waals surface area contributed by atoms with Gasteiger partial charge in [-0.05, 0) is 60.9 Å². The van der Waals surface area contributed by atoms with Gasteiger partial charge < -0.3 is 10.6 Å². The molecule has 5 heteroatoms. The maximum atomic E-state index is 12.9. The van der Waals surface area contributed by atoms with E-state index in [1.807, 2.05) is 55.5 Å². The van der Waals surface area contributed by atoms with Crippen LogP contribution in [0.4, 0.5) is 5.69 Å². The molecule has 0 spiro atoms. The predicted octanol–water partition coefficient (Wildman–Crippen LogP) is 6.05. The fourth-order valence-electron chi connectivity index (χ4n) is 3.81. The Morgan fingerprint density at radius 1 is 0.686 bits per heavy atom. The highest BCUT2D eigenvalue weighted by Crippen LogP contribution is 2.24. The van der Waals surface area contributed by atoms with Gasteiger partial charge in [0.05, 0.1) is 5.69 Å². The summed E-state index contributed by atoms with van der Waals surface area (Å²) < 4.78 is 0. The number of carbonyl (C=O) groups excluding carboxylic acids is 3. The van der Waals surface area contributed by atoms with E-state index in [1.54, 1.807) is 48.5 Å². The van der Waals surface area contributed by atoms with Crippen molar-refractivity contribution < 1.29 is 14.4 Å². The number of Topliss-reactive ketones (excluding diaryl/α,β-unsaturated/α-hetero) is 1. The van der Waals surface area contributed by atoms with Crippen molar-refractivity contribution in [1.82, 2.24) is 5.32 Å². The van der Waals surface area contributed by atoms with Crippen LogP contribution in [0, 0.1) is 6.92 Å². The van der Waals surface area contributed by atoms with Gasteiger partial charge in [-0.3, -0.25) is 14.4 Å². The predicted molar refractivity (Wildman–Crippen MR) is 139 cm³/mol. The summed E-state index contributed by atoms with van der Waals surface area (Å²) in [6.45, 7) is 3.83. The zero-order chi connectivity index (χ0) is 24.8. The summed E-state index contributed by atoms with van der Waals surface area (Å²) in [4.78, 5) is 37.4. The Kier molecular flexibility index (Phi) is 7.17. The molecule has 0 aromatic heterocycles. The van der Waals surface area contributed by atoms with E-state index in [0.29, 0.717) is 28.9 Å². The third-order valence-electron chi connectivity index (χ3n) is 5.76. The van der Waals surface area contributed by atoms with Crippen LogP contribution in [-0.2, 0) is 6.54 Å². The number of anilines is 1. The van der Waals surface area contributed by atoms with Crippen LogP contribution < -0.4 is 10.6 Å². The lowest BCUT2D eigenvalue weighted by Gasteiger charge is -2.12. The van der Waals surface area contributed by atoms with Crippen molar-refractivity contribution in [3.63, 3.8) is 0 Å². The largest absolute Gasteiger partial charge is 0.348 e. The van der Waals surface area contributed by atoms with Gasteiger partial charge in [0.25, 0.3) is 11.8 Å². The third kappa shape index (κ3) is 5.71. The van der Waals surface area contributed by atoms with Crippen molar-refractivity contribution >= 4 is 23.3 Å². The summed E-state index contributed by atoms with van der Waals surface area (Å²) in [6, 6.07) is 29.5. The van der Waals surface area contributed by atoms with Gasteiger partial charge >= 0.3 is 0 Å². The monoisotopic (exact) mass is 462 g/mol. The summed E-state index contributed by atoms with van der Waals surface area (Å²) in [5, 5.41) is 5.76. The zero-order valence-corrected chi connectivity index (χ0v) is 19.7. The molecule has 2 N–H and O–H groups in total. The number of rotatable bonds is 7. The molecule has 0 atom stereocenters. The number of para-hydroxylation sites is 1. The zero-order valence-electron chi connectivity index (χ0n) is 19.7. The molecule has 0 saturated carbocycles. The molecule has 4 rings (SSSR count). The van der Waals surface area contributed by atoms with Crippen molar-refractivity contribution in [2.45, 2.75) is 20.4 Å². The molecule has 0 bridgehead atoms. The molecule has 4 aromatic rings. The Morgan fingerprint density at radius 3 is 2.00 bits per heavy atom. The van der Waals surface area contributed by atoms with E-state index in [2.05, 4.69) is 10.6 Å². The number of ketones is 1. The SMILES string of the molecule is CC(=O)c1ccccc1NC(=O)c1ccc(CNC(=O)c2ccccc2-c2ccc(C)cc2)cc1. The first-order valence-corrected chi connectivity index (χ1v) is 11.4. The summed E-state index contributed by atoms with van der Waals surface area (Å²) in [5.41, 5.74) is 5.91. The van der Waals surface area contributed by atoms with E-state index in [1.165, 1.54) is 6.92 Å². The van der Waals surface area contributed by atoms with Crippen LogP contribution in [0.5, 0.6) is 0 Å². The normalized spacial score (nSPS) is 10.5. The summed E-state index contributed by atoms with van der Waals surface area (Å²) in [7, 11) is 0. The Bertz CT molecular complexity index is 1370. The Labute approximate surface area is 204 Å².